The molecular weight excluding hydrogens is 426 g/mol. The Labute approximate surface area is 222 Å². The normalized spacial score (nSPS) is 18.3. The number of nitrogens with zero attached hydrogens (tertiary/aromatic N) is 1. The summed E-state index contributed by atoms with van der Waals surface area (Å²) in [7, 11) is 0. The highest BCUT2D eigenvalue weighted by molar-refractivity contribution is 5.00. The quantitative estimate of drug-likeness (QED) is 0.131. The zero-order valence-electron chi connectivity index (χ0n) is 25.4. The molecule has 0 saturated carbocycles. The lowest BCUT2D eigenvalue weighted by atomic mass is 9.78. The molecule has 1 heterocycles. The number of ether oxygens (including phenoxy) is 1. The third kappa shape index (κ3) is 15.7. The molecule has 0 radical (unpaired) electrons. The third-order valence-electron chi connectivity index (χ3n) is 8.50. The van der Waals surface area contributed by atoms with Gasteiger partial charge < -0.3 is 4.74 Å². The van der Waals surface area contributed by atoms with Gasteiger partial charge in [0.1, 0.15) is 0 Å². The molecular formula is C33H67NO. The van der Waals surface area contributed by atoms with Crippen molar-refractivity contribution in [2.45, 2.75) is 200 Å². The Balaban J connectivity index is 2.14. The standard InChI is InChI=1S/C33H67NO/c1-7-9-11-13-15-17-19-21-23-25-27-34-32(3,4)29-31(30-33(34,5)6)35-28-26-24-22-20-18-16-14-12-10-8-2/h31H,7-30H2,1-6H3. The summed E-state index contributed by atoms with van der Waals surface area (Å²) in [5, 5.41) is 0. The minimum atomic E-state index is 0.240. The molecule has 0 aromatic rings. The summed E-state index contributed by atoms with van der Waals surface area (Å²) < 4.78 is 6.45. The van der Waals surface area contributed by atoms with Crippen molar-refractivity contribution in [2.24, 2.45) is 0 Å². The summed E-state index contributed by atoms with van der Waals surface area (Å²) in [6.45, 7) is 16.7. The topological polar surface area (TPSA) is 12.5 Å². The van der Waals surface area contributed by atoms with E-state index in [-0.39, 0.29) is 11.1 Å². The van der Waals surface area contributed by atoms with Crippen molar-refractivity contribution in [3.05, 3.63) is 0 Å². The molecule has 1 rings (SSSR count). The van der Waals surface area contributed by atoms with E-state index in [4.69, 9.17) is 4.74 Å². The summed E-state index contributed by atoms with van der Waals surface area (Å²) in [5.74, 6) is 0. The van der Waals surface area contributed by atoms with E-state index in [0.717, 1.165) is 6.61 Å². The van der Waals surface area contributed by atoms with Crippen molar-refractivity contribution in [2.75, 3.05) is 13.2 Å². The van der Waals surface area contributed by atoms with E-state index in [0.29, 0.717) is 6.10 Å². The van der Waals surface area contributed by atoms with Crippen LogP contribution in [0.2, 0.25) is 0 Å². The molecule has 2 nitrogen and oxygen atoms in total. The lowest BCUT2D eigenvalue weighted by Gasteiger charge is -2.55. The van der Waals surface area contributed by atoms with Crippen molar-refractivity contribution < 1.29 is 4.74 Å². The number of likely N-dealkylation sites (tertiary alicyclic amines) is 1. The van der Waals surface area contributed by atoms with Crippen LogP contribution >= 0.6 is 0 Å². The van der Waals surface area contributed by atoms with Crippen LogP contribution in [0.4, 0.5) is 0 Å². The van der Waals surface area contributed by atoms with Crippen molar-refractivity contribution in [3.8, 4) is 0 Å². The minimum Gasteiger partial charge on any atom is -0.378 e. The average Bonchev–Trinajstić information content (AvgIpc) is 2.79. The van der Waals surface area contributed by atoms with Gasteiger partial charge >= 0.3 is 0 Å². The first kappa shape index (κ1) is 32.9. The fourth-order valence-corrected chi connectivity index (χ4v) is 6.55. The van der Waals surface area contributed by atoms with Crippen LogP contribution in [0.25, 0.3) is 0 Å². The summed E-state index contributed by atoms with van der Waals surface area (Å²) >= 11 is 0. The van der Waals surface area contributed by atoms with Gasteiger partial charge in [0.25, 0.3) is 0 Å². The van der Waals surface area contributed by atoms with Gasteiger partial charge in [-0.05, 0) is 59.9 Å². The lowest BCUT2D eigenvalue weighted by molar-refractivity contribution is -0.104. The Kier molecular flexibility index (Phi) is 18.8. The monoisotopic (exact) mass is 494 g/mol. The highest BCUT2D eigenvalue weighted by atomic mass is 16.5. The van der Waals surface area contributed by atoms with Crippen molar-refractivity contribution in [3.63, 3.8) is 0 Å². The molecule has 1 saturated heterocycles. The van der Waals surface area contributed by atoms with E-state index < -0.39 is 0 Å². The number of hydrogen-bond acceptors (Lipinski definition) is 2. The van der Waals surface area contributed by atoms with E-state index in [1.807, 2.05) is 0 Å². The maximum Gasteiger partial charge on any atom is 0.0610 e. The van der Waals surface area contributed by atoms with Crippen molar-refractivity contribution in [1.29, 1.82) is 0 Å². The molecule has 0 bridgehead atoms. The molecule has 0 N–H and O–H groups in total. The predicted molar refractivity (Wildman–Crippen MR) is 158 cm³/mol. The number of rotatable bonds is 23. The van der Waals surface area contributed by atoms with Gasteiger partial charge in [-0.15, -0.1) is 0 Å². The summed E-state index contributed by atoms with van der Waals surface area (Å²) in [6, 6.07) is 0. The molecule has 0 unspecified atom stereocenters. The molecule has 1 aliphatic heterocycles. The molecule has 210 valence electrons. The first-order valence-electron chi connectivity index (χ1n) is 16.2. The van der Waals surface area contributed by atoms with E-state index in [9.17, 15) is 0 Å². The van der Waals surface area contributed by atoms with Crippen LogP contribution in [0.3, 0.4) is 0 Å². The maximum atomic E-state index is 6.45. The first-order valence-corrected chi connectivity index (χ1v) is 16.2. The highest BCUT2D eigenvalue weighted by Crippen LogP contribution is 2.39. The number of piperidine rings is 1. The van der Waals surface area contributed by atoms with Crippen LogP contribution in [-0.4, -0.2) is 35.2 Å². The zero-order chi connectivity index (χ0) is 25.8. The van der Waals surface area contributed by atoms with Crippen LogP contribution in [0.15, 0.2) is 0 Å². The van der Waals surface area contributed by atoms with E-state index in [2.05, 4.69) is 46.4 Å². The second-order valence-corrected chi connectivity index (χ2v) is 13.0. The van der Waals surface area contributed by atoms with E-state index in [1.165, 1.54) is 148 Å². The second-order valence-electron chi connectivity index (χ2n) is 13.0. The predicted octanol–water partition coefficient (Wildman–Crippen LogP) is 10.9. The van der Waals surface area contributed by atoms with Crippen LogP contribution in [0.1, 0.15) is 183 Å². The van der Waals surface area contributed by atoms with E-state index in [1.54, 1.807) is 0 Å². The highest BCUT2D eigenvalue weighted by Gasteiger charge is 2.45. The van der Waals surface area contributed by atoms with Crippen LogP contribution in [0.5, 0.6) is 0 Å². The summed E-state index contributed by atoms with van der Waals surface area (Å²) in [6.07, 6.45) is 30.9. The fraction of sp³-hybridized carbons (Fsp3) is 1.00. The van der Waals surface area contributed by atoms with Crippen LogP contribution in [0, 0.1) is 0 Å². The number of unbranched alkanes of at least 4 members (excludes halogenated alkanes) is 18. The number of hydrogen-bond donors (Lipinski definition) is 0. The Morgan fingerprint density at radius 2 is 0.857 bits per heavy atom. The molecule has 0 aromatic heterocycles. The Morgan fingerprint density at radius 3 is 1.26 bits per heavy atom. The van der Waals surface area contributed by atoms with Crippen LogP contribution < -0.4 is 0 Å². The molecule has 1 fully saturated rings. The summed E-state index contributed by atoms with van der Waals surface area (Å²) in [4.78, 5) is 2.81. The molecule has 0 aromatic carbocycles. The largest absolute Gasteiger partial charge is 0.378 e. The van der Waals surface area contributed by atoms with Gasteiger partial charge in [-0.1, -0.05) is 129 Å². The molecule has 2 heteroatoms. The SMILES string of the molecule is CCCCCCCCCCCCOC1CC(C)(C)N(CCCCCCCCCCCC)C(C)(C)C1. The van der Waals surface area contributed by atoms with E-state index >= 15 is 0 Å². The molecule has 0 atom stereocenters. The summed E-state index contributed by atoms with van der Waals surface area (Å²) in [5.41, 5.74) is 0.479. The van der Waals surface area contributed by atoms with Crippen molar-refractivity contribution in [1.82, 2.24) is 4.90 Å². The minimum absolute atomic E-state index is 0.240. The molecule has 35 heavy (non-hydrogen) atoms. The second kappa shape index (κ2) is 20.0. The molecule has 0 aliphatic carbocycles. The zero-order valence-corrected chi connectivity index (χ0v) is 25.4. The van der Waals surface area contributed by atoms with Gasteiger partial charge in [0, 0.05) is 17.7 Å². The van der Waals surface area contributed by atoms with Gasteiger partial charge in [-0.25, -0.2) is 0 Å². The maximum absolute atomic E-state index is 6.45. The molecule has 0 spiro atoms. The van der Waals surface area contributed by atoms with Crippen LogP contribution in [-0.2, 0) is 4.74 Å². The molecule has 0 amide bonds. The van der Waals surface area contributed by atoms with Gasteiger partial charge in [0.05, 0.1) is 6.10 Å². The molecule has 1 aliphatic rings. The average molecular weight is 494 g/mol. The third-order valence-corrected chi connectivity index (χ3v) is 8.50. The van der Waals surface area contributed by atoms with Gasteiger partial charge in [0.2, 0.25) is 0 Å². The van der Waals surface area contributed by atoms with Gasteiger partial charge in [-0.2, -0.15) is 0 Å². The van der Waals surface area contributed by atoms with Gasteiger partial charge in [0.15, 0.2) is 0 Å². The van der Waals surface area contributed by atoms with Gasteiger partial charge in [-0.3, -0.25) is 4.90 Å². The lowest BCUT2D eigenvalue weighted by Crippen LogP contribution is -2.62. The smallest absolute Gasteiger partial charge is 0.0610 e. The first-order chi connectivity index (χ1) is 16.8. The Morgan fingerprint density at radius 1 is 0.514 bits per heavy atom. The Bertz CT molecular complexity index is 454. The fourth-order valence-electron chi connectivity index (χ4n) is 6.55. The van der Waals surface area contributed by atoms with Crippen molar-refractivity contribution >= 4 is 0 Å². The Hall–Kier alpha value is -0.0800.